The fourth-order valence-corrected chi connectivity index (χ4v) is 2.72. The Morgan fingerprint density at radius 1 is 1.17 bits per heavy atom. The number of ketones is 1. The van der Waals surface area contributed by atoms with Crippen LogP contribution in [0.1, 0.15) is 17.9 Å². The molecule has 0 N–H and O–H groups in total. The molecule has 2 fully saturated rings. The highest BCUT2D eigenvalue weighted by atomic mass is 16.7. The van der Waals surface area contributed by atoms with E-state index in [1.165, 1.54) is 0 Å². The van der Waals surface area contributed by atoms with E-state index in [0.717, 1.165) is 17.1 Å². The number of hydrogen-bond acceptors (Lipinski definition) is 5. The van der Waals surface area contributed by atoms with Gasteiger partial charge in [-0.15, -0.1) is 0 Å². The van der Waals surface area contributed by atoms with Gasteiger partial charge in [0.2, 0.25) is 13.1 Å². The first-order chi connectivity index (χ1) is 8.81. The van der Waals surface area contributed by atoms with Crippen LogP contribution in [0.15, 0.2) is 18.2 Å². The predicted molar refractivity (Wildman–Crippen MR) is 59.5 cm³/mol. The van der Waals surface area contributed by atoms with Gasteiger partial charge in [-0.25, -0.2) is 0 Å². The first-order valence-electron chi connectivity index (χ1n) is 6.00. The van der Waals surface area contributed by atoms with E-state index in [2.05, 4.69) is 0 Å². The van der Waals surface area contributed by atoms with Crippen molar-refractivity contribution in [2.75, 3.05) is 13.4 Å². The molecule has 2 saturated heterocycles. The third-order valence-corrected chi connectivity index (χ3v) is 3.67. The zero-order valence-corrected chi connectivity index (χ0v) is 9.63. The molecule has 0 unspecified atom stereocenters. The maximum Gasteiger partial charge on any atom is 0.231 e. The molecule has 1 aromatic carbocycles. The Morgan fingerprint density at radius 2 is 2.06 bits per heavy atom. The Kier molecular flexibility index (Phi) is 2.13. The minimum absolute atomic E-state index is 0.0198. The molecule has 3 heterocycles. The van der Waals surface area contributed by atoms with Crippen LogP contribution in [0.5, 0.6) is 11.5 Å². The monoisotopic (exact) mass is 248 g/mol. The van der Waals surface area contributed by atoms with Crippen LogP contribution >= 0.6 is 0 Å². The van der Waals surface area contributed by atoms with Crippen molar-refractivity contribution in [2.24, 2.45) is 0 Å². The van der Waals surface area contributed by atoms with Gasteiger partial charge in [0.1, 0.15) is 0 Å². The first-order valence-corrected chi connectivity index (χ1v) is 6.00. The SMILES string of the molecule is O=C1C[C@H](c2ccc3c(c2)OCO3)[C@H]2CO[C@@H]1O2. The second-order valence-corrected chi connectivity index (χ2v) is 4.73. The van der Waals surface area contributed by atoms with E-state index in [9.17, 15) is 4.79 Å². The molecule has 1 aromatic rings. The lowest BCUT2D eigenvalue weighted by Crippen LogP contribution is -2.34. The van der Waals surface area contributed by atoms with Crippen molar-refractivity contribution in [2.45, 2.75) is 24.7 Å². The second kappa shape index (κ2) is 3.70. The Morgan fingerprint density at radius 3 is 3.00 bits per heavy atom. The average molecular weight is 248 g/mol. The summed E-state index contributed by atoms with van der Waals surface area (Å²) >= 11 is 0. The molecule has 5 heteroatoms. The number of Topliss-reactive ketones (excluding diaryl/α,β-unsaturated/α-hetero) is 1. The Bertz CT molecular complexity index is 512. The molecule has 5 nitrogen and oxygen atoms in total. The highest BCUT2D eigenvalue weighted by molar-refractivity contribution is 5.84. The van der Waals surface area contributed by atoms with E-state index in [0.29, 0.717) is 13.0 Å². The molecule has 0 spiro atoms. The smallest absolute Gasteiger partial charge is 0.231 e. The Labute approximate surface area is 104 Å². The van der Waals surface area contributed by atoms with E-state index < -0.39 is 6.29 Å². The van der Waals surface area contributed by atoms with Gasteiger partial charge in [0, 0.05) is 12.3 Å². The number of benzene rings is 1. The van der Waals surface area contributed by atoms with Crippen molar-refractivity contribution in [1.82, 2.24) is 0 Å². The second-order valence-electron chi connectivity index (χ2n) is 4.73. The number of rotatable bonds is 1. The van der Waals surface area contributed by atoms with Gasteiger partial charge >= 0.3 is 0 Å². The number of fused-ring (bicyclic) bond motifs is 3. The van der Waals surface area contributed by atoms with Gasteiger partial charge in [-0.05, 0) is 17.7 Å². The van der Waals surface area contributed by atoms with Crippen LogP contribution in [0.2, 0.25) is 0 Å². The van der Waals surface area contributed by atoms with Gasteiger partial charge in [0.25, 0.3) is 0 Å². The molecule has 94 valence electrons. The molecule has 0 aliphatic carbocycles. The molecule has 0 aromatic heterocycles. The largest absolute Gasteiger partial charge is 0.454 e. The molecular weight excluding hydrogens is 236 g/mol. The molecule has 0 radical (unpaired) electrons. The van der Waals surface area contributed by atoms with E-state index in [1.54, 1.807) is 0 Å². The van der Waals surface area contributed by atoms with E-state index in [4.69, 9.17) is 18.9 Å². The topological polar surface area (TPSA) is 54.0 Å². The van der Waals surface area contributed by atoms with Gasteiger partial charge < -0.3 is 18.9 Å². The van der Waals surface area contributed by atoms with Crippen LogP contribution < -0.4 is 9.47 Å². The molecule has 18 heavy (non-hydrogen) atoms. The minimum atomic E-state index is -0.639. The third-order valence-electron chi connectivity index (χ3n) is 3.67. The van der Waals surface area contributed by atoms with E-state index in [1.807, 2.05) is 18.2 Å². The quantitative estimate of drug-likeness (QED) is 0.747. The molecule has 3 aliphatic heterocycles. The molecule has 2 bridgehead atoms. The summed E-state index contributed by atoms with van der Waals surface area (Å²) in [5.74, 6) is 1.56. The normalized spacial score (nSPS) is 32.9. The molecular formula is C13H12O5. The lowest BCUT2D eigenvalue weighted by Gasteiger charge is -2.26. The standard InChI is InChI=1S/C13H12O5/c14-9-4-8(12-5-15-13(9)18-12)7-1-2-10-11(3-7)17-6-16-10/h1-3,8,12-13H,4-6H2/t8-,12-,13-/m1/s1. The summed E-state index contributed by atoms with van der Waals surface area (Å²) in [5.41, 5.74) is 1.04. The van der Waals surface area contributed by atoms with Crippen LogP contribution in [0.3, 0.4) is 0 Å². The van der Waals surface area contributed by atoms with Crippen LogP contribution in [0.4, 0.5) is 0 Å². The van der Waals surface area contributed by atoms with Crippen molar-refractivity contribution in [3.05, 3.63) is 23.8 Å². The van der Waals surface area contributed by atoms with Crippen LogP contribution in [-0.2, 0) is 14.3 Å². The molecule has 0 saturated carbocycles. The number of hydrogen-bond donors (Lipinski definition) is 0. The van der Waals surface area contributed by atoms with Crippen molar-refractivity contribution in [1.29, 1.82) is 0 Å². The van der Waals surface area contributed by atoms with Gasteiger partial charge in [0.15, 0.2) is 17.3 Å². The Balaban J connectivity index is 1.68. The van der Waals surface area contributed by atoms with Crippen molar-refractivity contribution in [3.8, 4) is 11.5 Å². The van der Waals surface area contributed by atoms with Crippen molar-refractivity contribution < 1.29 is 23.7 Å². The summed E-state index contributed by atoms with van der Waals surface area (Å²) in [4.78, 5) is 11.8. The molecule has 3 aliphatic rings. The maximum atomic E-state index is 11.8. The molecule has 3 atom stereocenters. The number of carbonyl (C=O) groups excluding carboxylic acids is 1. The van der Waals surface area contributed by atoms with Crippen LogP contribution in [0, 0.1) is 0 Å². The zero-order chi connectivity index (χ0) is 12.1. The lowest BCUT2D eigenvalue weighted by molar-refractivity contribution is -0.154. The van der Waals surface area contributed by atoms with Crippen molar-refractivity contribution in [3.63, 3.8) is 0 Å². The van der Waals surface area contributed by atoms with Crippen LogP contribution in [0.25, 0.3) is 0 Å². The summed E-state index contributed by atoms with van der Waals surface area (Å²) in [7, 11) is 0. The first kappa shape index (κ1) is 10.3. The lowest BCUT2D eigenvalue weighted by atomic mass is 9.87. The fourth-order valence-electron chi connectivity index (χ4n) is 2.72. The Hall–Kier alpha value is -1.59. The molecule has 0 amide bonds. The summed E-state index contributed by atoms with van der Waals surface area (Å²) in [5, 5.41) is 0. The summed E-state index contributed by atoms with van der Waals surface area (Å²) < 4.78 is 21.5. The maximum absolute atomic E-state index is 11.8. The highest BCUT2D eigenvalue weighted by Crippen LogP contribution is 2.40. The minimum Gasteiger partial charge on any atom is -0.454 e. The average Bonchev–Trinajstić information content (AvgIpc) is 3.01. The van der Waals surface area contributed by atoms with E-state index >= 15 is 0 Å². The van der Waals surface area contributed by atoms with Crippen LogP contribution in [-0.4, -0.2) is 31.6 Å². The van der Waals surface area contributed by atoms with Gasteiger partial charge in [-0.2, -0.15) is 0 Å². The number of ether oxygens (including phenoxy) is 4. The zero-order valence-electron chi connectivity index (χ0n) is 9.63. The molecule has 4 rings (SSSR count). The number of carbonyl (C=O) groups is 1. The predicted octanol–water partition coefficient (Wildman–Crippen LogP) is 1.21. The fraction of sp³-hybridized carbons (Fsp3) is 0.462. The van der Waals surface area contributed by atoms with Gasteiger partial charge in [-0.3, -0.25) is 4.79 Å². The van der Waals surface area contributed by atoms with Crippen molar-refractivity contribution >= 4 is 5.78 Å². The highest BCUT2D eigenvalue weighted by Gasteiger charge is 2.43. The summed E-state index contributed by atoms with van der Waals surface area (Å²) in [6, 6.07) is 5.78. The summed E-state index contributed by atoms with van der Waals surface area (Å²) in [6.07, 6.45) is -0.206. The van der Waals surface area contributed by atoms with Gasteiger partial charge in [-0.1, -0.05) is 6.07 Å². The third kappa shape index (κ3) is 1.44. The van der Waals surface area contributed by atoms with E-state index in [-0.39, 0.29) is 24.6 Å². The summed E-state index contributed by atoms with van der Waals surface area (Å²) in [6.45, 7) is 0.739. The van der Waals surface area contributed by atoms with Gasteiger partial charge in [0.05, 0.1) is 12.7 Å².